The van der Waals surface area contributed by atoms with Crippen LogP contribution >= 0.6 is 0 Å². The highest BCUT2D eigenvalue weighted by Crippen LogP contribution is 2.56. The lowest BCUT2D eigenvalue weighted by atomic mass is 10.2. The Kier molecular flexibility index (Phi) is 8.84. The number of hydrogen-bond acceptors (Lipinski definition) is 4. The summed E-state index contributed by atoms with van der Waals surface area (Å²) < 4.78 is 226. The number of halogens is 17. The molecule has 2 atom stereocenters. The summed E-state index contributed by atoms with van der Waals surface area (Å²) in [7, 11) is 0. The fourth-order valence-corrected chi connectivity index (χ4v) is 1.55. The van der Waals surface area contributed by atoms with Gasteiger partial charge in [-0.2, -0.15) is 74.6 Å². The van der Waals surface area contributed by atoms with Crippen LogP contribution in [-0.2, 0) is 19.0 Å². The zero-order valence-corrected chi connectivity index (χ0v) is 15.7. The molecule has 0 spiro atoms. The summed E-state index contributed by atoms with van der Waals surface area (Å²) in [6, 6.07) is 0. The molecule has 4 nitrogen and oxygen atoms in total. The maximum atomic E-state index is 14.0. The van der Waals surface area contributed by atoms with Gasteiger partial charge in [-0.15, -0.1) is 0 Å². The predicted octanol–water partition coefficient (Wildman–Crippen LogP) is 6.20. The SMILES string of the molecule is CCCCOC(=O)[C@](F)(OC(F)(F)[C@@](F)(OC(F)(F)C(F)(F)C(F)(F)F)C(F)(F)F)C(F)(F)F. The first-order valence-electron chi connectivity index (χ1n) is 7.93. The molecule has 0 aliphatic heterocycles. The van der Waals surface area contributed by atoms with Crippen molar-refractivity contribution >= 4 is 5.97 Å². The highest BCUT2D eigenvalue weighted by atomic mass is 19.4. The lowest BCUT2D eigenvalue weighted by Gasteiger charge is -2.39. The maximum absolute atomic E-state index is 14.0. The predicted molar refractivity (Wildman–Crippen MR) is 68.7 cm³/mol. The van der Waals surface area contributed by atoms with Gasteiger partial charge in [0.2, 0.25) is 0 Å². The molecule has 0 saturated carbocycles. The van der Waals surface area contributed by atoms with E-state index in [2.05, 4.69) is 4.74 Å². The van der Waals surface area contributed by atoms with Gasteiger partial charge in [0, 0.05) is 0 Å². The number of esters is 1. The molecule has 0 rings (SSSR count). The van der Waals surface area contributed by atoms with Gasteiger partial charge < -0.3 is 4.74 Å². The lowest BCUT2D eigenvalue weighted by Crippen LogP contribution is -2.68. The van der Waals surface area contributed by atoms with E-state index in [4.69, 9.17) is 0 Å². The van der Waals surface area contributed by atoms with Crippen molar-refractivity contribution in [3.8, 4) is 0 Å². The molecular formula is C13H9F17O4. The number of carbonyl (C=O) groups excluding carboxylic acids is 1. The fraction of sp³-hybridized carbons (Fsp3) is 0.923. The van der Waals surface area contributed by atoms with Crippen LogP contribution in [0.25, 0.3) is 0 Å². The standard InChI is InChI=1S/C13H9F17O4/c1-2-3-4-32-5(31)6(14,9(18,19)20)33-13(29,30)8(17,11(24,25)26)34-12(27,28)7(15,16)10(21,22)23/h2-4H2,1H3/t6-,8-/m0/s1. The number of alkyl halides is 17. The quantitative estimate of drug-likeness (QED) is 0.184. The molecule has 0 N–H and O–H groups in total. The molecule has 0 amide bonds. The number of carbonyl (C=O) groups is 1. The molecular weight excluding hydrogens is 543 g/mol. The minimum absolute atomic E-state index is 0.0341. The summed E-state index contributed by atoms with van der Waals surface area (Å²) in [4.78, 5) is 11.2. The number of ether oxygens (including phenoxy) is 3. The second-order valence-corrected chi connectivity index (χ2v) is 5.99. The van der Waals surface area contributed by atoms with Crippen molar-refractivity contribution in [1.29, 1.82) is 0 Å². The van der Waals surface area contributed by atoms with E-state index in [0.29, 0.717) is 0 Å². The normalized spacial score (nSPS) is 18.3. The Morgan fingerprint density at radius 2 is 1.06 bits per heavy atom. The Morgan fingerprint density at radius 1 is 0.618 bits per heavy atom. The van der Waals surface area contributed by atoms with Crippen molar-refractivity contribution in [2.24, 2.45) is 0 Å². The summed E-state index contributed by atoms with van der Waals surface area (Å²) in [5.74, 6) is -26.3. The average Bonchev–Trinajstić information content (AvgIpc) is 2.57. The van der Waals surface area contributed by atoms with Crippen molar-refractivity contribution in [1.82, 2.24) is 0 Å². The van der Waals surface area contributed by atoms with Gasteiger partial charge in [0.1, 0.15) is 0 Å². The lowest BCUT2D eigenvalue weighted by molar-refractivity contribution is -0.548. The van der Waals surface area contributed by atoms with Gasteiger partial charge in [0.25, 0.3) is 0 Å². The monoisotopic (exact) mass is 552 g/mol. The van der Waals surface area contributed by atoms with Crippen molar-refractivity contribution in [2.45, 2.75) is 68.1 Å². The van der Waals surface area contributed by atoms with Gasteiger partial charge in [0.15, 0.2) is 0 Å². The van der Waals surface area contributed by atoms with Gasteiger partial charge >= 0.3 is 54.3 Å². The van der Waals surface area contributed by atoms with Crippen LogP contribution < -0.4 is 0 Å². The maximum Gasteiger partial charge on any atom is 0.462 e. The van der Waals surface area contributed by atoms with E-state index in [-0.39, 0.29) is 6.42 Å². The van der Waals surface area contributed by atoms with Gasteiger partial charge in [0.05, 0.1) is 6.61 Å². The molecule has 0 saturated heterocycles. The van der Waals surface area contributed by atoms with Gasteiger partial charge in [-0.05, 0) is 6.42 Å². The average molecular weight is 552 g/mol. The van der Waals surface area contributed by atoms with E-state index in [1.165, 1.54) is 11.7 Å². The van der Waals surface area contributed by atoms with Crippen LogP contribution in [0.2, 0.25) is 0 Å². The van der Waals surface area contributed by atoms with Crippen molar-refractivity contribution in [3.63, 3.8) is 0 Å². The Bertz CT molecular complexity index is 712. The number of rotatable bonds is 10. The first kappa shape index (κ1) is 32.2. The number of unbranched alkanes of at least 4 members (excludes halogenated alkanes) is 1. The highest BCUT2D eigenvalue weighted by molar-refractivity contribution is 5.78. The summed E-state index contributed by atoms with van der Waals surface area (Å²) in [6.07, 6.45) is -38.9. The Morgan fingerprint density at radius 3 is 1.38 bits per heavy atom. The third-order valence-corrected chi connectivity index (χ3v) is 3.36. The van der Waals surface area contributed by atoms with Crippen LogP contribution in [0.15, 0.2) is 0 Å². The molecule has 204 valence electrons. The van der Waals surface area contributed by atoms with E-state index >= 15 is 0 Å². The zero-order chi connectivity index (χ0) is 27.8. The molecule has 0 unspecified atom stereocenters. The number of hydrogen-bond donors (Lipinski definition) is 0. The minimum Gasteiger partial charge on any atom is -0.461 e. The van der Waals surface area contributed by atoms with Crippen LogP contribution in [0.4, 0.5) is 74.6 Å². The summed E-state index contributed by atoms with van der Waals surface area (Å²) in [5, 5.41) is 0. The molecule has 0 aromatic heterocycles. The third-order valence-electron chi connectivity index (χ3n) is 3.36. The Hall–Kier alpha value is -1.80. The largest absolute Gasteiger partial charge is 0.462 e. The first-order chi connectivity index (χ1) is 14.6. The van der Waals surface area contributed by atoms with Gasteiger partial charge in [-0.25, -0.2) is 4.79 Å². The third kappa shape index (κ3) is 5.88. The molecule has 0 heterocycles. The van der Waals surface area contributed by atoms with Crippen molar-refractivity contribution in [2.75, 3.05) is 6.61 Å². The summed E-state index contributed by atoms with van der Waals surface area (Å²) in [5.41, 5.74) is 0. The van der Waals surface area contributed by atoms with Crippen LogP contribution in [0, 0.1) is 0 Å². The van der Waals surface area contributed by atoms with E-state index in [1.807, 2.05) is 4.74 Å². The molecule has 0 radical (unpaired) electrons. The minimum atomic E-state index is -8.04. The second kappa shape index (κ2) is 9.34. The molecule has 21 heteroatoms. The summed E-state index contributed by atoms with van der Waals surface area (Å²) in [6.45, 7) is 0.0262. The van der Waals surface area contributed by atoms with E-state index < -0.39 is 67.4 Å². The van der Waals surface area contributed by atoms with Gasteiger partial charge in [-0.1, -0.05) is 13.3 Å². The van der Waals surface area contributed by atoms with Crippen LogP contribution in [0.5, 0.6) is 0 Å². The highest BCUT2D eigenvalue weighted by Gasteiger charge is 2.85. The molecule has 0 fully saturated rings. The fourth-order valence-electron chi connectivity index (χ4n) is 1.55. The van der Waals surface area contributed by atoms with Crippen LogP contribution in [0.3, 0.4) is 0 Å². The molecule has 0 bridgehead atoms. The molecule has 0 aromatic rings. The van der Waals surface area contributed by atoms with Crippen LogP contribution in [0.1, 0.15) is 19.8 Å². The van der Waals surface area contributed by atoms with Crippen molar-refractivity contribution in [3.05, 3.63) is 0 Å². The second-order valence-electron chi connectivity index (χ2n) is 5.99. The van der Waals surface area contributed by atoms with E-state index in [9.17, 15) is 79.4 Å². The molecule has 34 heavy (non-hydrogen) atoms. The Balaban J connectivity index is 6.61. The van der Waals surface area contributed by atoms with Crippen molar-refractivity contribution < 1.29 is 93.6 Å². The van der Waals surface area contributed by atoms with Gasteiger partial charge in [-0.3, -0.25) is 9.47 Å². The first-order valence-corrected chi connectivity index (χ1v) is 7.93. The van der Waals surface area contributed by atoms with Crippen LogP contribution in [-0.4, -0.2) is 61.0 Å². The van der Waals surface area contributed by atoms with E-state index in [0.717, 1.165) is 0 Å². The smallest absolute Gasteiger partial charge is 0.461 e. The van der Waals surface area contributed by atoms with E-state index in [1.54, 1.807) is 0 Å². The molecule has 0 aromatic carbocycles. The molecule has 0 aliphatic carbocycles. The topological polar surface area (TPSA) is 44.8 Å². The Labute approximate surface area is 175 Å². The zero-order valence-electron chi connectivity index (χ0n) is 15.7. The molecule has 0 aliphatic rings. The summed E-state index contributed by atoms with van der Waals surface area (Å²) >= 11 is 0.